The van der Waals surface area contributed by atoms with E-state index in [0.717, 1.165) is 43.6 Å². The maximum atomic E-state index is 13.6. The van der Waals surface area contributed by atoms with E-state index in [2.05, 4.69) is 26.1 Å². The van der Waals surface area contributed by atoms with Gasteiger partial charge in [-0.2, -0.15) is 4.39 Å². The molecule has 4 rings (SSSR count). The average molecular weight is 490 g/mol. The number of aromatic nitrogens is 3. The summed E-state index contributed by atoms with van der Waals surface area (Å²) in [4.78, 5) is 24.1. The molecule has 1 unspecified atom stereocenters. The van der Waals surface area contributed by atoms with Gasteiger partial charge in [0.2, 0.25) is 11.7 Å². The van der Waals surface area contributed by atoms with Crippen LogP contribution in [0.4, 0.5) is 15.8 Å². The van der Waals surface area contributed by atoms with E-state index < -0.39 is 21.7 Å². The number of amides is 1. The van der Waals surface area contributed by atoms with E-state index in [1.165, 1.54) is 29.1 Å². The lowest BCUT2D eigenvalue weighted by Crippen LogP contribution is -2.24. The fraction of sp³-hybridized carbons (Fsp3) is 0.409. The summed E-state index contributed by atoms with van der Waals surface area (Å²) in [5, 5.41) is 24.7. The molecule has 0 spiro atoms. The van der Waals surface area contributed by atoms with Crippen LogP contribution in [0.2, 0.25) is 0 Å². The standard InChI is InChI=1S/C22H24FN5O3S2/c1-14(21(29)24-15-9-10-18(23)19(12-15)28(30)31)33-22-26-25-20(13-17-8-5-11-32-17)27(22)16-6-3-2-4-7-16/h5,8-12,14,16H,2-4,6-7,13H2,1H3,(H,24,29). The van der Waals surface area contributed by atoms with Gasteiger partial charge in [0.25, 0.3) is 0 Å². The van der Waals surface area contributed by atoms with Crippen molar-refractivity contribution in [1.29, 1.82) is 0 Å². The molecule has 0 bridgehead atoms. The second-order valence-corrected chi connectivity index (χ2v) is 10.3. The highest BCUT2D eigenvalue weighted by atomic mass is 32.2. The number of thiophene rings is 1. The van der Waals surface area contributed by atoms with Crippen molar-refractivity contribution in [2.75, 3.05) is 5.32 Å². The van der Waals surface area contributed by atoms with Crippen molar-refractivity contribution >= 4 is 40.4 Å². The van der Waals surface area contributed by atoms with Crippen LogP contribution >= 0.6 is 23.1 Å². The number of hydrogen-bond acceptors (Lipinski definition) is 7. The van der Waals surface area contributed by atoms with Crippen LogP contribution < -0.4 is 5.32 Å². The normalized spacial score (nSPS) is 15.3. The molecule has 2 aromatic heterocycles. The fourth-order valence-corrected chi connectivity index (χ4v) is 5.61. The number of nitro benzene ring substituents is 1. The summed E-state index contributed by atoms with van der Waals surface area (Å²) in [6, 6.07) is 7.71. The third-order valence-corrected chi connectivity index (χ3v) is 7.58. The predicted molar refractivity (Wildman–Crippen MR) is 126 cm³/mol. The van der Waals surface area contributed by atoms with Gasteiger partial charge in [-0.05, 0) is 43.3 Å². The molecule has 33 heavy (non-hydrogen) atoms. The molecule has 0 saturated heterocycles. The van der Waals surface area contributed by atoms with Crippen LogP contribution in [0.5, 0.6) is 0 Å². The molecule has 1 atom stereocenters. The van der Waals surface area contributed by atoms with E-state index in [4.69, 9.17) is 0 Å². The molecule has 174 valence electrons. The molecule has 1 fully saturated rings. The first-order valence-corrected chi connectivity index (χ1v) is 12.6. The maximum Gasteiger partial charge on any atom is 0.306 e. The van der Waals surface area contributed by atoms with E-state index in [1.807, 2.05) is 11.4 Å². The Kier molecular flexibility index (Phi) is 7.39. The van der Waals surface area contributed by atoms with Crippen molar-refractivity contribution in [2.45, 2.75) is 61.9 Å². The highest BCUT2D eigenvalue weighted by Gasteiger charge is 2.26. The molecule has 0 radical (unpaired) electrons. The minimum Gasteiger partial charge on any atom is -0.325 e. The van der Waals surface area contributed by atoms with Gasteiger partial charge in [-0.1, -0.05) is 37.1 Å². The average Bonchev–Trinajstić information content (AvgIpc) is 3.45. The van der Waals surface area contributed by atoms with Crippen molar-refractivity contribution in [3.63, 3.8) is 0 Å². The number of benzene rings is 1. The molecule has 1 aliphatic carbocycles. The highest BCUT2D eigenvalue weighted by molar-refractivity contribution is 8.00. The van der Waals surface area contributed by atoms with Gasteiger partial charge in [0.15, 0.2) is 5.16 Å². The van der Waals surface area contributed by atoms with Gasteiger partial charge < -0.3 is 9.88 Å². The number of rotatable bonds is 8. The molecule has 0 aliphatic heterocycles. The van der Waals surface area contributed by atoms with E-state index >= 15 is 0 Å². The van der Waals surface area contributed by atoms with Crippen LogP contribution in [0.1, 0.15) is 55.8 Å². The first kappa shape index (κ1) is 23.4. The Hall–Kier alpha value is -2.79. The minimum atomic E-state index is -0.945. The summed E-state index contributed by atoms with van der Waals surface area (Å²) in [7, 11) is 0. The number of hydrogen-bond donors (Lipinski definition) is 1. The van der Waals surface area contributed by atoms with E-state index in [-0.39, 0.29) is 11.6 Å². The van der Waals surface area contributed by atoms with Gasteiger partial charge in [0, 0.05) is 29.1 Å². The summed E-state index contributed by atoms with van der Waals surface area (Å²) >= 11 is 2.99. The Morgan fingerprint density at radius 1 is 1.33 bits per heavy atom. The molecule has 1 amide bonds. The Bertz CT molecular complexity index is 1130. The van der Waals surface area contributed by atoms with Gasteiger partial charge >= 0.3 is 5.69 Å². The van der Waals surface area contributed by atoms with Gasteiger partial charge in [-0.25, -0.2) is 0 Å². The molecule has 1 N–H and O–H groups in total. The van der Waals surface area contributed by atoms with Crippen LogP contribution in [-0.4, -0.2) is 30.8 Å². The molecule has 11 heteroatoms. The summed E-state index contributed by atoms with van der Waals surface area (Å²) in [5.74, 6) is -0.396. The van der Waals surface area contributed by atoms with E-state index in [0.29, 0.717) is 17.6 Å². The summed E-state index contributed by atoms with van der Waals surface area (Å²) in [5.41, 5.74) is -0.504. The molecule has 1 aromatic carbocycles. The zero-order valence-corrected chi connectivity index (χ0v) is 19.7. The van der Waals surface area contributed by atoms with E-state index in [1.54, 1.807) is 18.3 Å². The van der Waals surface area contributed by atoms with Crippen molar-refractivity contribution in [1.82, 2.24) is 14.8 Å². The Morgan fingerprint density at radius 3 is 2.82 bits per heavy atom. The lowest BCUT2D eigenvalue weighted by atomic mass is 9.95. The summed E-state index contributed by atoms with van der Waals surface area (Å²) < 4.78 is 15.8. The number of nitrogens with one attached hydrogen (secondary N) is 1. The van der Waals surface area contributed by atoms with Crippen molar-refractivity contribution in [2.24, 2.45) is 0 Å². The molecular weight excluding hydrogens is 465 g/mol. The zero-order chi connectivity index (χ0) is 23.4. The van der Waals surface area contributed by atoms with Crippen molar-refractivity contribution in [3.8, 4) is 0 Å². The predicted octanol–water partition coefficient (Wildman–Crippen LogP) is 5.60. The SMILES string of the molecule is CC(Sc1nnc(Cc2cccs2)n1C1CCCCC1)C(=O)Nc1ccc(F)c([N+](=O)[O-])c1. The van der Waals surface area contributed by atoms with Crippen LogP contribution in [0.15, 0.2) is 40.9 Å². The molecule has 1 aliphatic rings. The zero-order valence-electron chi connectivity index (χ0n) is 18.1. The Morgan fingerprint density at radius 2 is 2.12 bits per heavy atom. The fourth-order valence-electron chi connectivity index (χ4n) is 3.97. The number of anilines is 1. The molecule has 1 saturated carbocycles. The number of nitro groups is 1. The summed E-state index contributed by atoms with van der Waals surface area (Å²) in [6.07, 6.45) is 6.35. The maximum absolute atomic E-state index is 13.6. The molecule has 3 aromatic rings. The lowest BCUT2D eigenvalue weighted by Gasteiger charge is -2.26. The van der Waals surface area contributed by atoms with Crippen LogP contribution in [0.3, 0.4) is 0 Å². The number of thioether (sulfide) groups is 1. The molecule has 2 heterocycles. The first-order valence-electron chi connectivity index (χ1n) is 10.8. The second kappa shape index (κ2) is 10.4. The van der Waals surface area contributed by atoms with Gasteiger partial charge in [-0.15, -0.1) is 21.5 Å². The Balaban J connectivity index is 1.51. The van der Waals surface area contributed by atoms with Crippen LogP contribution in [0.25, 0.3) is 0 Å². The third kappa shape index (κ3) is 5.59. The topological polar surface area (TPSA) is 103 Å². The third-order valence-electron chi connectivity index (χ3n) is 5.65. The van der Waals surface area contributed by atoms with Crippen molar-refractivity contribution < 1.29 is 14.1 Å². The second-order valence-electron chi connectivity index (χ2n) is 7.99. The van der Waals surface area contributed by atoms with Crippen molar-refractivity contribution in [3.05, 3.63) is 62.3 Å². The van der Waals surface area contributed by atoms with Gasteiger partial charge in [0.1, 0.15) is 5.82 Å². The smallest absolute Gasteiger partial charge is 0.306 e. The first-order chi connectivity index (χ1) is 15.9. The highest BCUT2D eigenvalue weighted by Crippen LogP contribution is 2.35. The van der Waals surface area contributed by atoms with Gasteiger partial charge in [0.05, 0.1) is 10.2 Å². The molecular formula is C22H24FN5O3S2. The number of nitrogens with zero attached hydrogens (tertiary/aromatic N) is 4. The van der Waals surface area contributed by atoms with Crippen LogP contribution in [0, 0.1) is 15.9 Å². The van der Waals surface area contributed by atoms with Crippen LogP contribution in [-0.2, 0) is 11.2 Å². The Labute approximate surface area is 198 Å². The minimum absolute atomic E-state index is 0.174. The lowest BCUT2D eigenvalue weighted by molar-refractivity contribution is -0.387. The van der Waals surface area contributed by atoms with Gasteiger partial charge in [-0.3, -0.25) is 14.9 Å². The quantitative estimate of drug-likeness (QED) is 0.251. The van der Waals surface area contributed by atoms with E-state index in [9.17, 15) is 19.3 Å². The largest absolute Gasteiger partial charge is 0.325 e. The monoisotopic (exact) mass is 489 g/mol. The number of carbonyl (C=O) groups is 1. The summed E-state index contributed by atoms with van der Waals surface area (Å²) in [6.45, 7) is 1.75. The molecule has 8 nitrogen and oxygen atoms in total. The number of halogens is 1. The number of carbonyl (C=O) groups excluding carboxylic acids is 1.